The first-order chi connectivity index (χ1) is 6.58. The predicted octanol–water partition coefficient (Wildman–Crippen LogP) is 3.05. The van der Waals surface area contributed by atoms with Gasteiger partial charge in [0, 0.05) is 16.2 Å². The quantitative estimate of drug-likeness (QED) is 0.463. The van der Waals surface area contributed by atoms with E-state index in [0.29, 0.717) is 10.7 Å². The van der Waals surface area contributed by atoms with Gasteiger partial charge in [0.1, 0.15) is 0 Å². The molecule has 0 amide bonds. The van der Waals surface area contributed by atoms with E-state index in [0.717, 1.165) is 21.4 Å². The van der Waals surface area contributed by atoms with Gasteiger partial charge in [0.25, 0.3) is 0 Å². The fourth-order valence-corrected chi connectivity index (χ4v) is 2.28. The number of nitrogens with zero attached hydrogens (tertiary/aromatic N) is 1. The zero-order chi connectivity index (χ0) is 10.3. The van der Waals surface area contributed by atoms with E-state index in [9.17, 15) is 10.1 Å². The zero-order valence-electron chi connectivity index (χ0n) is 6.86. The Labute approximate surface area is 88.0 Å². The van der Waals surface area contributed by atoms with Crippen LogP contribution < -0.4 is 5.73 Å². The van der Waals surface area contributed by atoms with Crippen molar-refractivity contribution in [3.05, 3.63) is 33.3 Å². The highest BCUT2D eigenvalue weighted by Gasteiger charge is 2.12. The molecule has 14 heavy (non-hydrogen) atoms. The number of halogens is 1. The van der Waals surface area contributed by atoms with Crippen LogP contribution in [0.1, 0.15) is 0 Å². The average Bonchev–Trinajstić information content (AvgIpc) is 2.48. The highest BCUT2D eigenvalue weighted by Crippen LogP contribution is 2.35. The summed E-state index contributed by atoms with van der Waals surface area (Å²) in [6.07, 6.45) is 0. The molecule has 0 aliphatic heterocycles. The molecule has 0 saturated heterocycles. The molecule has 2 aromatic rings. The summed E-state index contributed by atoms with van der Waals surface area (Å²) in [6, 6.07) is 4.78. The van der Waals surface area contributed by atoms with Crippen molar-refractivity contribution in [2.45, 2.75) is 0 Å². The van der Waals surface area contributed by atoms with Crippen molar-refractivity contribution in [3.63, 3.8) is 0 Å². The molecule has 1 aromatic heterocycles. The maximum atomic E-state index is 10.5. The maximum absolute atomic E-state index is 10.5. The summed E-state index contributed by atoms with van der Waals surface area (Å²) in [4.78, 5) is 10.1. The lowest BCUT2D eigenvalue weighted by Gasteiger charge is -1.95. The van der Waals surface area contributed by atoms with Crippen LogP contribution in [0.15, 0.2) is 18.2 Å². The van der Waals surface area contributed by atoms with Gasteiger partial charge in [0.15, 0.2) is 0 Å². The Kier molecular flexibility index (Phi) is 2.05. The van der Waals surface area contributed by atoms with Crippen molar-refractivity contribution in [3.8, 4) is 0 Å². The monoisotopic (exact) mass is 228 g/mol. The lowest BCUT2D eigenvalue weighted by molar-refractivity contribution is -0.380. The summed E-state index contributed by atoms with van der Waals surface area (Å²) in [5, 5.41) is 11.8. The van der Waals surface area contributed by atoms with Crippen molar-refractivity contribution < 1.29 is 4.92 Å². The van der Waals surface area contributed by atoms with Crippen LogP contribution in [0.3, 0.4) is 0 Å². The van der Waals surface area contributed by atoms with E-state index in [4.69, 9.17) is 17.3 Å². The number of nitro groups is 1. The number of hydrogen-bond donors (Lipinski definition) is 1. The van der Waals surface area contributed by atoms with Gasteiger partial charge in [-0.15, -0.1) is 0 Å². The van der Waals surface area contributed by atoms with Gasteiger partial charge in [-0.05, 0) is 12.1 Å². The molecule has 6 heteroatoms. The molecule has 2 rings (SSSR count). The second-order valence-corrected chi connectivity index (χ2v) is 4.22. The van der Waals surface area contributed by atoms with Crippen LogP contribution in [0.5, 0.6) is 0 Å². The molecule has 0 atom stereocenters. The van der Waals surface area contributed by atoms with Crippen molar-refractivity contribution >= 4 is 43.7 Å². The number of thiophene rings is 1. The number of hydrogen-bond acceptors (Lipinski definition) is 4. The highest BCUT2D eigenvalue weighted by molar-refractivity contribution is 7.22. The molecule has 4 nitrogen and oxygen atoms in total. The molecule has 2 N–H and O–H groups in total. The van der Waals surface area contributed by atoms with E-state index < -0.39 is 4.92 Å². The maximum Gasteiger partial charge on any atom is 0.325 e. The molecule has 1 heterocycles. The van der Waals surface area contributed by atoms with Crippen LogP contribution in [0, 0.1) is 10.1 Å². The molecule has 0 spiro atoms. The van der Waals surface area contributed by atoms with Crippen LogP contribution in [0.25, 0.3) is 10.1 Å². The first-order valence-corrected chi connectivity index (χ1v) is 4.90. The molecule has 0 unspecified atom stereocenters. The Bertz CT molecular complexity index is 484. The minimum absolute atomic E-state index is 0.0988. The van der Waals surface area contributed by atoms with E-state index in [2.05, 4.69) is 0 Å². The summed E-state index contributed by atoms with van der Waals surface area (Å²) in [6.45, 7) is 0. The summed E-state index contributed by atoms with van der Waals surface area (Å²) in [5.74, 6) is 0. The fourth-order valence-electron chi connectivity index (χ4n) is 1.16. The Morgan fingerprint density at radius 2 is 2.14 bits per heavy atom. The molecule has 0 saturated carbocycles. The van der Waals surface area contributed by atoms with Crippen LogP contribution in [0.2, 0.25) is 5.02 Å². The summed E-state index contributed by atoms with van der Waals surface area (Å²) >= 11 is 6.88. The SMILES string of the molecule is Nc1cc2cc([N+](=O)[O-])sc2cc1Cl. The first kappa shape index (κ1) is 9.23. The number of fused-ring (bicyclic) bond motifs is 1. The van der Waals surface area contributed by atoms with Crippen LogP contribution in [0.4, 0.5) is 10.7 Å². The van der Waals surface area contributed by atoms with Gasteiger partial charge in [-0.25, -0.2) is 0 Å². The van der Waals surface area contributed by atoms with Gasteiger partial charge < -0.3 is 5.73 Å². The third kappa shape index (κ3) is 1.40. The topological polar surface area (TPSA) is 69.2 Å². The summed E-state index contributed by atoms with van der Waals surface area (Å²) in [5.41, 5.74) is 6.01. The van der Waals surface area contributed by atoms with Crippen molar-refractivity contribution in [1.29, 1.82) is 0 Å². The molecule has 1 aromatic carbocycles. The van der Waals surface area contributed by atoms with Gasteiger partial charge >= 0.3 is 5.00 Å². The Morgan fingerprint density at radius 3 is 2.79 bits per heavy atom. The molecular formula is C8H5ClN2O2S. The normalized spacial score (nSPS) is 10.6. The molecule has 0 radical (unpaired) electrons. The van der Waals surface area contributed by atoms with E-state index in [1.165, 1.54) is 6.07 Å². The van der Waals surface area contributed by atoms with Crippen molar-refractivity contribution in [2.24, 2.45) is 0 Å². The molecule has 0 aliphatic rings. The predicted molar refractivity (Wildman–Crippen MR) is 57.9 cm³/mol. The van der Waals surface area contributed by atoms with Crippen molar-refractivity contribution in [1.82, 2.24) is 0 Å². The summed E-state index contributed by atoms with van der Waals surface area (Å²) < 4.78 is 0.774. The van der Waals surface area contributed by atoms with E-state index >= 15 is 0 Å². The minimum atomic E-state index is -0.422. The fraction of sp³-hybridized carbons (Fsp3) is 0. The van der Waals surface area contributed by atoms with Crippen LogP contribution in [-0.4, -0.2) is 4.92 Å². The number of anilines is 1. The molecule has 0 bridgehead atoms. The lowest BCUT2D eigenvalue weighted by atomic mass is 10.2. The first-order valence-electron chi connectivity index (χ1n) is 3.71. The Morgan fingerprint density at radius 1 is 1.43 bits per heavy atom. The van der Waals surface area contributed by atoms with E-state index in [1.54, 1.807) is 12.1 Å². The Balaban J connectivity index is 2.72. The van der Waals surface area contributed by atoms with Crippen LogP contribution in [-0.2, 0) is 0 Å². The average molecular weight is 229 g/mol. The third-order valence-electron chi connectivity index (χ3n) is 1.80. The van der Waals surface area contributed by atoms with Gasteiger partial charge in [-0.1, -0.05) is 22.9 Å². The second kappa shape index (κ2) is 3.11. The van der Waals surface area contributed by atoms with E-state index in [-0.39, 0.29) is 5.00 Å². The molecule has 72 valence electrons. The molecular weight excluding hydrogens is 224 g/mol. The second-order valence-electron chi connectivity index (χ2n) is 2.75. The largest absolute Gasteiger partial charge is 0.398 e. The van der Waals surface area contributed by atoms with Gasteiger partial charge in [0.05, 0.1) is 15.6 Å². The number of nitrogens with two attached hydrogens (primary N) is 1. The van der Waals surface area contributed by atoms with Gasteiger partial charge in [0.2, 0.25) is 0 Å². The summed E-state index contributed by atoms with van der Waals surface area (Å²) in [7, 11) is 0. The van der Waals surface area contributed by atoms with E-state index in [1.807, 2.05) is 0 Å². The van der Waals surface area contributed by atoms with Gasteiger partial charge in [-0.3, -0.25) is 10.1 Å². The number of rotatable bonds is 1. The smallest absolute Gasteiger partial charge is 0.325 e. The third-order valence-corrected chi connectivity index (χ3v) is 3.18. The lowest BCUT2D eigenvalue weighted by Crippen LogP contribution is -1.84. The Hall–Kier alpha value is -1.33. The number of nitrogen functional groups attached to an aromatic ring is 1. The zero-order valence-corrected chi connectivity index (χ0v) is 8.43. The molecule has 0 aliphatic carbocycles. The van der Waals surface area contributed by atoms with Crippen LogP contribution >= 0.6 is 22.9 Å². The molecule has 0 fully saturated rings. The van der Waals surface area contributed by atoms with Crippen molar-refractivity contribution in [2.75, 3.05) is 5.73 Å². The standard InChI is InChI=1S/C8H5ClN2O2S/c9-5-3-7-4(1-6(5)10)2-8(14-7)11(12)13/h1-3H,10H2. The number of benzene rings is 1. The van der Waals surface area contributed by atoms with Gasteiger partial charge in [-0.2, -0.15) is 0 Å². The minimum Gasteiger partial charge on any atom is -0.398 e. The highest BCUT2D eigenvalue weighted by atomic mass is 35.5.